The smallest absolute Gasteiger partial charge is 0.228 e. The standard InChI is InChI=1S/C31H32F2N10OS/c1-15(16-7-6-10-37-28(16)35)42(4)30-19-12-38-25(17-8-9-20(32)27-23(17)18(11-34)29(36)45-27)24(33)26(19)39-31(40-30)43-13-21(41(2)3)22(14-43)44-5/h6-10,12,15,21-22H,13-14,36H2,1-5H3,(H2,35,37)/t15-,21-,22?/m1/s1. The van der Waals surface area contributed by atoms with Crippen LogP contribution in [0.25, 0.3) is 32.2 Å². The number of fused-ring (bicyclic) bond motifs is 2. The third-order valence-corrected chi connectivity index (χ3v) is 9.59. The van der Waals surface area contributed by atoms with Crippen molar-refractivity contribution in [3.8, 4) is 17.3 Å². The highest BCUT2D eigenvalue weighted by Gasteiger charge is 2.36. The van der Waals surface area contributed by atoms with E-state index in [1.807, 2.05) is 50.0 Å². The lowest BCUT2D eigenvalue weighted by Crippen LogP contribution is -2.39. The summed E-state index contributed by atoms with van der Waals surface area (Å²) in [5.74, 6) is -0.148. The van der Waals surface area contributed by atoms with Crippen molar-refractivity contribution >= 4 is 54.9 Å². The first-order valence-corrected chi connectivity index (χ1v) is 15.0. The minimum Gasteiger partial charge on any atom is -0.389 e. The summed E-state index contributed by atoms with van der Waals surface area (Å²) in [6.45, 7) is 3.01. The van der Waals surface area contributed by atoms with Gasteiger partial charge >= 0.3 is 0 Å². The van der Waals surface area contributed by atoms with Crippen LogP contribution in [0.4, 0.5) is 31.4 Å². The quantitative estimate of drug-likeness (QED) is 0.261. The predicted octanol–water partition coefficient (Wildman–Crippen LogP) is 4.58. The number of benzene rings is 1. The van der Waals surface area contributed by atoms with Gasteiger partial charge in [0.2, 0.25) is 5.95 Å². The summed E-state index contributed by atoms with van der Waals surface area (Å²) in [5.41, 5.74) is 13.3. The van der Waals surface area contributed by atoms with Crippen LogP contribution < -0.4 is 21.3 Å². The molecule has 0 saturated carbocycles. The number of aromatic nitrogens is 4. The van der Waals surface area contributed by atoms with Gasteiger partial charge in [0.25, 0.3) is 0 Å². The van der Waals surface area contributed by atoms with Crippen molar-refractivity contribution in [3.05, 3.63) is 59.4 Å². The number of nitrogen functional groups attached to an aromatic ring is 2. The Bertz CT molecular complexity index is 1980. The van der Waals surface area contributed by atoms with Gasteiger partial charge in [-0.3, -0.25) is 4.98 Å². The molecule has 232 valence electrons. The maximum Gasteiger partial charge on any atom is 0.228 e. The first kappa shape index (κ1) is 30.3. The van der Waals surface area contributed by atoms with Gasteiger partial charge in [-0.25, -0.2) is 18.7 Å². The van der Waals surface area contributed by atoms with E-state index in [4.69, 9.17) is 26.2 Å². The van der Waals surface area contributed by atoms with Crippen molar-refractivity contribution in [1.29, 1.82) is 5.26 Å². The van der Waals surface area contributed by atoms with E-state index in [0.717, 1.165) is 16.9 Å². The van der Waals surface area contributed by atoms with E-state index in [1.54, 1.807) is 19.4 Å². The Morgan fingerprint density at radius 3 is 2.58 bits per heavy atom. The van der Waals surface area contributed by atoms with Crippen molar-refractivity contribution < 1.29 is 13.5 Å². The second kappa shape index (κ2) is 11.7. The van der Waals surface area contributed by atoms with Gasteiger partial charge in [0.05, 0.1) is 33.8 Å². The van der Waals surface area contributed by atoms with E-state index in [-0.39, 0.29) is 55.6 Å². The Balaban J connectivity index is 1.57. The SMILES string of the molecule is COC1CN(c2nc(N(C)[C@H](C)c3cccnc3N)c3cnc(-c4ccc(F)c5sc(N)c(C#N)c45)c(F)c3n2)C[C@H]1N(C)C. The van der Waals surface area contributed by atoms with E-state index in [9.17, 15) is 9.65 Å². The van der Waals surface area contributed by atoms with Crippen molar-refractivity contribution in [1.82, 2.24) is 24.8 Å². The summed E-state index contributed by atoms with van der Waals surface area (Å²) in [7, 11) is 7.47. The summed E-state index contributed by atoms with van der Waals surface area (Å²) in [6.07, 6.45) is 3.01. The number of rotatable bonds is 7. The van der Waals surface area contributed by atoms with Crippen LogP contribution in [0.1, 0.15) is 24.1 Å². The minimum atomic E-state index is -0.729. The van der Waals surface area contributed by atoms with Crippen LogP contribution in [0.15, 0.2) is 36.7 Å². The molecule has 5 heterocycles. The molecule has 6 rings (SSSR count). The second-order valence-corrected chi connectivity index (χ2v) is 12.3. The average molecular weight is 631 g/mol. The zero-order valence-corrected chi connectivity index (χ0v) is 26.2. The zero-order valence-electron chi connectivity index (χ0n) is 25.4. The molecule has 0 spiro atoms. The van der Waals surface area contributed by atoms with Crippen molar-refractivity contribution in [3.63, 3.8) is 0 Å². The summed E-state index contributed by atoms with van der Waals surface area (Å²) >= 11 is 0.941. The van der Waals surface area contributed by atoms with Crippen LogP contribution in [0.3, 0.4) is 0 Å². The predicted molar refractivity (Wildman–Crippen MR) is 173 cm³/mol. The molecule has 1 fully saturated rings. The number of nitriles is 1. The summed E-state index contributed by atoms with van der Waals surface area (Å²) in [4.78, 5) is 24.4. The third kappa shape index (κ3) is 5.02. The highest BCUT2D eigenvalue weighted by molar-refractivity contribution is 7.23. The monoisotopic (exact) mass is 630 g/mol. The number of halogens is 2. The van der Waals surface area contributed by atoms with Crippen LogP contribution in [-0.4, -0.2) is 78.3 Å². The normalized spacial score (nSPS) is 17.4. The lowest BCUT2D eigenvalue weighted by molar-refractivity contribution is 0.0639. The number of hydrogen-bond donors (Lipinski definition) is 2. The van der Waals surface area contributed by atoms with E-state index in [2.05, 4.69) is 14.9 Å². The Morgan fingerprint density at radius 1 is 1.13 bits per heavy atom. The van der Waals surface area contributed by atoms with Crippen molar-refractivity contribution in [2.75, 3.05) is 62.6 Å². The number of anilines is 4. The van der Waals surface area contributed by atoms with Crippen molar-refractivity contribution in [2.24, 2.45) is 0 Å². The molecule has 11 nitrogen and oxygen atoms in total. The number of nitrogens with two attached hydrogens (primary N) is 2. The number of methoxy groups -OCH3 is 1. The average Bonchev–Trinajstić information content (AvgIpc) is 3.62. The number of thiophene rings is 1. The summed E-state index contributed by atoms with van der Waals surface area (Å²) in [6, 6.07) is 8.12. The molecule has 1 aromatic carbocycles. The highest BCUT2D eigenvalue weighted by atomic mass is 32.1. The maximum atomic E-state index is 16.8. The van der Waals surface area contributed by atoms with Crippen LogP contribution in [0, 0.1) is 23.0 Å². The Hall–Kier alpha value is -4.71. The van der Waals surface area contributed by atoms with Gasteiger partial charge in [-0.2, -0.15) is 10.2 Å². The molecular weight excluding hydrogens is 598 g/mol. The lowest BCUT2D eigenvalue weighted by atomic mass is 10.0. The molecule has 1 aliphatic rings. The number of hydrogen-bond acceptors (Lipinski definition) is 12. The molecule has 5 aromatic rings. The third-order valence-electron chi connectivity index (χ3n) is 8.56. The second-order valence-electron chi connectivity index (χ2n) is 11.3. The van der Waals surface area contributed by atoms with E-state index >= 15 is 4.39 Å². The molecule has 3 atom stereocenters. The number of ether oxygens (including phenoxy) is 1. The molecule has 0 bridgehead atoms. The van der Waals surface area contributed by atoms with Gasteiger partial charge in [0.1, 0.15) is 39.7 Å². The van der Waals surface area contributed by atoms with Crippen LogP contribution in [-0.2, 0) is 4.74 Å². The van der Waals surface area contributed by atoms with Gasteiger partial charge in [-0.15, -0.1) is 11.3 Å². The fraction of sp³-hybridized carbons (Fsp3) is 0.323. The molecule has 0 radical (unpaired) electrons. The first-order chi connectivity index (χ1) is 21.5. The molecule has 1 unspecified atom stereocenters. The fourth-order valence-corrected chi connectivity index (χ4v) is 6.90. The number of pyridine rings is 2. The number of likely N-dealkylation sites (N-methyl/N-ethyl adjacent to an activating group) is 1. The summed E-state index contributed by atoms with van der Waals surface area (Å²) < 4.78 is 37.5. The van der Waals surface area contributed by atoms with Gasteiger partial charge in [0.15, 0.2) is 5.82 Å². The molecule has 14 heteroatoms. The van der Waals surface area contributed by atoms with E-state index in [0.29, 0.717) is 36.1 Å². The molecule has 0 amide bonds. The molecule has 4 aromatic heterocycles. The zero-order chi connectivity index (χ0) is 32.2. The van der Waals surface area contributed by atoms with Crippen LogP contribution in [0.5, 0.6) is 0 Å². The van der Waals surface area contributed by atoms with Crippen LogP contribution in [0.2, 0.25) is 0 Å². The molecule has 45 heavy (non-hydrogen) atoms. The maximum absolute atomic E-state index is 16.8. The highest BCUT2D eigenvalue weighted by Crippen LogP contribution is 2.42. The first-order valence-electron chi connectivity index (χ1n) is 14.2. The van der Waals surface area contributed by atoms with Crippen LogP contribution >= 0.6 is 11.3 Å². The molecule has 1 saturated heterocycles. The Morgan fingerprint density at radius 2 is 1.91 bits per heavy atom. The summed E-state index contributed by atoms with van der Waals surface area (Å²) in [5, 5.41) is 10.5. The Labute approximate surface area is 262 Å². The van der Waals surface area contributed by atoms with Gasteiger partial charge < -0.3 is 30.9 Å². The van der Waals surface area contributed by atoms with Gasteiger partial charge in [0, 0.05) is 56.2 Å². The Kier molecular flexibility index (Phi) is 7.86. The van der Waals surface area contributed by atoms with Gasteiger partial charge in [-0.05, 0) is 39.2 Å². The van der Waals surface area contributed by atoms with Gasteiger partial charge in [-0.1, -0.05) is 6.07 Å². The van der Waals surface area contributed by atoms with E-state index < -0.39 is 11.6 Å². The fourth-order valence-electron chi connectivity index (χ4n) is 5.95. The molecule has 1 aliphatic heterocycles. The van der Waals surface area contributed by atoms with E-state index in [1.165, 1.54) is 18.3 Å². The topological polar surface area (TPSA) is 146 Å². The largest absolute Gasteiger partial charge is 0.389 e. The molecular formula is C31H32F2N10OS. The lowest BCUT2D eigenvalue weighted by Gasteiger charge is -2.29. The minimum absolute atomic E-state index is 0.0275. The van der Waals surface area contributed by atoms with Crippen molar-refractivity contribution in [2.45, 2.75) is 25.1 Å². The molecule has 0 aliphatic carbocycles. The molecule has 4 N–H and O–H groups in total. The number of nitrogens with zero attached hydrogens (tertiary/aromatic N) is 8.